The first-order chi connectivity index (χ1) is 10.6. The van der Waals surface area contributed by atoms with Gasteiger partial charge in [0.2, 0.25) is 0 Å². The molecule has 0 saturated heterocycles. The molecule has 0 aliphatic rings. The Bertz CT molecular complexity index is 425. The summed E-state index contributed by atoms with van der Waals surface area (Å²) < 4.78 is 10.7. The molecule has 5 heteroatoms. The number of unbranched alkanes of at least 4 members (excludes halogenated alkanes) is 5. The predicted octanol–water partition coefficient (Wildman–Crippen LogP) is 5.14. The van der Waals surface area contributed by atoms with Gasteiger partial charge in [-0.15, -0.1) is 11.6 Å². The fourth-order valence-corrected chi connectivity index (χ4v) is 2.26. The van der Waals surface area contributed by atoms with E-state index >= 15 is 0 Å². The first-order valence-corrected chi connectivity index (χ1v) is 8.70. The number of ether oxygens (including phenoxy) is 2. The van der Waals surface area contributed by atoms with Gasteiger partial charge >= 0.3 is 5.97 Å². The molecule has 0 aliphatic heterocycles. The monoisotopic (exact) mass is 346 g/mol. The van der Waals surface area contributed by atoms with E-state index in [-0.39, 0.29) is 5.88 Å². The molecule has 1 unspecified atom stereocenters. The molecule has 0 radical (unpaired) electrons. The van der Waals surface area contributed by atoms with Crippen LogP contribution in [0.2, 0.25) is 0 Å². The van der Waals surface area contributed by atoms with Gasteiger partial charge in [-0.05, 0) is 18.6 Å². The Morgan fingerprint density at radius 2 is 1.73 bits per heavy atom. The van der Waals surface area contributed by atoms with Gasteiger partial charge in [-0.3, -0.25) is 0 Å². The molecule has 0 heterocycles. The Balaban J connectivity index is 2.34. The maximum absolute atomic E-state index is 12.1. The fourth-order valence-electron chi connectivity index (χ4n) is 1.95. The van der Waals surface area contributed by atoms with Crippen molar-refractivity contribution in [1.82, 2.24) is 0 Å². The van der Waals surface area contributed by atoms with Crippen LogP contribution in [0, 0.1) is 0 Å². The summed E-state index contributed by atoms with van der Waals surface area (Å²) in [5.74, 6) is -0.338. The molecule has 1 aromatic carbocycles. The van der Waals surface area contributed by atoms with Crippen molar-refractivity contribution in [2.45, 2.75) is 50.5 Å². The second kappa shape index (κ2) is 10.7. The van der Waals surface area contributed by atoms with Crippen molar-refractivity contribution >= 4 is 29.2 Å². The van der Waals surface area contributed by atoms with E-state index in [1.54, 1.807) is 24.3 Å². The Hall–Kier alpha value is -0.930. The minimum absolute atomic E-state index is 0.182. The lowest BCUT2D eigenvalue weighted by molar-refractivity contribution is -0.154. The quantitative estimate of drug-likeness (QED) is 0.316. The number of hydrogen-bond acceptors (Lipinski definition) is 3. The van der Waals surface area contributed by atoms with Crippen LogP contribution in [0.3, 0.4) is 0 Å². The molecule has 22 heavy (non-hydrogen) atoms. The molecular weight excluding hydrogens is 323 g/mol. The average molecular weight is 347 g/mol. The normalized spacial score (nSPS) is 13.4. The van der Waals surface area contributed by atoms with Crippen molar-refractivity contribution in [3.8, 4) is 5.75 Å². The van der Waals surface area contributed by atoms with Gasteiger partial charge in [0.1, 0.15) is 5.75 Å². The number of hydrogen-bond donors (Lipinski definition) is 0. The van der Waals surface area contributed by atoms with E-state index in [4.69, 9.17) is 32.7 Å². The minimum Gasteiger partial charge on any atom is -0.462 e. The number of rotatable bonds is 11. The van der Waals surface area contributed by atoms with Crippen LogP contribution in [0.4, 0.5) is 0 Å². The Kier molecular flexibility index (Phi) is 9.33. The van der Waals surface area contributed by atoms with Crippen LogP contribution in [0.15, 0.2) is 30.3 Å². The topological polar surface area (TPSA) is 35.5 Å². The molecule has 1 rings (SSSR count). The Morgan fingerprint density at radius 3 is 2.36 bits per heavy atom. The highest BCUT2D eigenvalue weighted by molar-refractivity contribution is 6.38. The van der Waals surface area contributed by atoms with Gasteiger partial charge < -0.3 is 9.47 Å². The lowest BCUT2D eigenvalue weighted by Crippen LogP contribution is -2.42. The molecule has 0 N–H and O–H groups in total. The molecule has 0 spiro atoms. The number of esters is 1. The molecule has 1 atom stereocenters. The maximum Gasteiger partial charge on any atom is 0.368 e. The molecule has 124 valence electrons. The third kappa shape index (κ3) is 6.89. The molecule has 3 nitrogen and oxygen atoms in total. The second-order valence-electron chi connectivity index (χ2n) is 5.18. The molecule has 0 aromatic heterocycles. The number of para-hydroxylation sites is 1. The van der Waals surface area contributed by atoms with Gasteiger partial charge in [-0.1, -0.05) is 68.8 Å². The first-order valence-electron chi connectivity index (χ1n) is 7.78. The Morgan fingerprint density at radius 1 is 1.09 bits per heavy atom. The summed E-state index contributed by atoms with van der Waals surface area (Å²) in [5, 5.41) is -1.68. The number of halogens is 2. The summed E-state index contributed by atoms with van der Waals surface area (Å²) in [6.07, 6.45) is 6.73. The van der Waals surface area contributed by atoms with Crippen LogP contribution in [0.1, 0.15) is 45.4 Å². The number of carbonyl (C=O) groups excluding carboxylic acids is 1. The zero-order valence-electron chi connectivity index (χ0n) is 13.0. The predicted molar refractivity (Wildman–Crippen MR) is 90.7 cm³/mol. The maximum atomic E-state index is 12.1. The minimum atomic E-state index is -1.68. The summed E-state index contributed by atoms with van der Waals surface area (Å²) >= 11 is 12.0. The van der Waals surface area contributed by atoms with E-state index in [9.17, 15) is 4.79 Å². The van der Waals surface area contributed by atoms with Gasteiger partial charge in [0.05, 0.1) is 12.5 Å². The summed E-state index contributed by atoms with van der Waals surface area (Å²) in [5.41, 5.74) is 0. The number of carbonyl (C=O) groups is 1. The largest absolute Gasteiger partial charge is 0.462 e. The van der Waals surface area contributed by atoms with Crippen LogP contribution >= 0.6 is 23.2 Å². The highest BCUT2D eigenvalue weighted by atomic mass is 35.5. The summed E-state index contributed by atoms with van der Waals surface area (Å²) in [4.78, 5) is 12.1. The third-order valence-corrected chi connectivity index (χ3v) is 4.11. The van der Waals surface area contributed by atoms with E-state index in [1.807, 2.05) is 6.07 Å². The third-order valence-electron chi connectivity index (χ3n) is 3.23. The average Bonchev–Trinajstić information content (AvgIpc) is 2.54. The van der Waals surface area contributed by atoms with Crippen molar-refractivity contribution in [1.29, 1.82) is 0 Å². The molecule has 0 saturated carbocycles. The molecule has 0 amide bonds. The lowest BCUT2D eigenvalue weighted by Gasteiger charge is -2.23. The SMILES string of the molecule is CCCCCCCCOC(=O)C(Cl)(CCl)Oc1ccccc1. The van der Waals surface area contributed by atoms with Crippen LogP contribution in [-0.2, 0) is 9.53 Å². The van der Waals surface area contributed by atoms with Crippen molar-refractivity contribution in [3.05, 3.63) is 30.3 Å². The van der Waals surface area contributed by atoms with Gasteiger partial charge in [0.15, 0.2) is 0 Å². The van der Waals surface area contributed by atoms with Gasteiger partial charge in [-0.25, -0.2) is 4.79 Å². The van der Waals surface area contributed by atoms with E-state index < -0.39 is 11.0 Å². The highest BCUT2D eigenvalue weighted by Gasteiger charge is 2.40. The van der Waals surface area contributed by atoms with Crippen LogP contribution in [0.25, 0.3) is 0 Å². The Labute approximate surface area is 142 Å². The van der Waals surface area contributed by atoms with Gasteiger partial charge in [-0.2, -0.15) is 0 Å². The molecule has 0 fully saturated rings. The van der Waals surface area contributed by atoms with Crippen LogP contribution < -0.4 is 4.74 Å². The van der Waals surface area contributed by atoms with Crippen molar-refractivity contribution in [3.63, 3.8) is 0 Å². The van der Waals surface area contributed by atoms with Crippen molar-refractivity contribution in [2.75, 3.05) is 12.5 Å². The van der Waals surface area contributed by atoms with Crippen molar-refractivity contribution < 1.29 is 14.3 Å². The van der Waals surface area contributed by atoms with Crippen LogP contribution in [-0.4, -0.2) is 23.5 Å². The van der Waals surface area contributed by atoms with Crippen LogP contribution in [0.5, 0.6) is 5.75 Å². The van der Waals surface area contributed by atoms with E-state index in [0.29, 0.717) is 12.4 Å². The first kappa shape index (κ1) is 19.1. The summed E-state index contributed by atoms with van der Waals surface area (Å²) in [6, 6.07) is 8.86. The standard InChI is InChI=1S/C17H24Cl2O3/c1-2-3-4-5-6-10-13-21-16(20)17(19,14-18)22-15-11-8-7-9-12-15/h7-9,11-12H,2-6,10,13-14H2,1H3. The fraction of sp³-hybridized carbons (Fsp3) is 0.588. The summed E-state index contributed by atoms with van der Waals surface area (Å²) in [6.45, 7) is 2.52. The molecule has 0 aliphatic carbocycles. The smallest absolute Gasteiger partial charge is 0.368 e. The highest BCUT2D eigenvalue weighted by Crippen LogP contribution is 2.25. The van der Waals surface area contributed by atoms with Gasteiger partial charge in [0.25, 0.3) is 5.06 Å². The van der Waals surface area contributed by atoms with E-state index in [1.165, 1.54) is 19.3 Å². The van der Waals surface area contributed by atoms with E-state index in [0.717, 1.165) is 19.3 Å². The molecule has 1 aromatic rings. The number of alkyl halides is 2. The second-order valence-corrected chi connectivity index (χ2v) is 6.06. The zero-order chi connectivity index (χ0) is 16.3. The number of benzene rings is 1. The van der Waals surface area contributed by atoms with Gasteiger partial charge in [0, 0.05) is 0 Å². The molecular formula is C17H24Cl2O3. The van der Waals surface area contributed by atoms with E-state index in [2.05, 4.69) is 6.92 Å². The van der Waals surface area contributed by atoms with Crippen molar-refractivity contribution in [2.24, 2.45) is 0 Å². The molecule has 0 bridgehead atoms. The zero-order valence-corrected chi connectivity index (χ0v) is 14.5. The lowest BCUT2D eigenvalue weighted by atomic mass is 10.1. The summed E-state index contributed by atoms with van der Waals surface area (Å²) in [7, 11) is 0.